The second-order valence-electron chi connectivity index (χ2n) is 2.68. The third-order valence-electron chi connectivity index (χ3n) is 1.73. The molecular formula is C10H10ClN3OS. The van der Waals surface area contributed by atoms with Crippen molar-refractivity contribution in [3.8, 4) is 11.9 Å². The summed E-state index contributed by atoms with van der Waals surface area (Å²) in [4.78, 5) is 4.20. The van der Waals surface area contributed by atoms with E-state index in [2.05, 4.69) is 10.3 Å². The monoisotopic (exact) mass is 255 g/mol. The molecule has 1 aromatic rings. The SMILES string of the molecule is COc1ccc(N=C(NC#N)SC)c(Cl)c1. The van der Waals surface area contributed by atoms with Gasteiger partial charge in [-0.2, -0.15) is 5.26 Å². The zero-order chi connectivity index (χ0) is 12.0. The molecule has 0 aliphatic heterocycles. The van der Waals surface area contributed by atoms with Crippen LogP contribution in [0.1, 0.15) is 0 Å². The first-order valence-electron chi connectivity index (χ1n) is 4.32. The lowest BCUT2D eigenvalue weighted by Gasteiger charge is -2.04. The van der Waals surface area contributed by atoms with E-state index in [0.717, 1.165) is 0 Å². The second kappa shape index (κ2) is 6.26. The molecule has 0 aromatic heterocycles. The fourth-order valence-corrected chi connectivity index (χ4v) is 1.54. The predicted octanol–water partition coefficient (Wildman–Crippen LogP) is 2.77. The highest BCUT2D eigenvalue weighted by Crippen LogP contribution is 2.29. The molecule has 6 heteroatoms. The molecule has 0 spiro atoms. The fraction of sp³-hybridized carbons (Fsp3) is 0.200. The summed E-state index contributed by atoms with van der Waals surface area (Å²) >= 11 is 7.34. The Morgan fingerprint density at radius 2 is 2.38 bits per heavy atom. The second-order valence-corrected chi connectivity index (χ2v) is 3.88. The minimum atomic E-state index is 0.477. The molecule has 0 radical (unpaired) electrons. The maximum absolute atomic E-state index is 8.49. The van der Waals surface area contributed by atoms with Gasteiger partial charge in [-0.25, -0.2) is 4.99 Å². The van der Waals surface area contributed by atoms with Crippen LogP contribution in [0, 0.1) is 11.5 Å². The number of rotatable bonds is 2. The van der Waals surface area contributed by atoms with Crippen LogP contribution >= 0.6 is 23.4 Å². The van der Waals surface area contributed by atoms with Crippen LogP contribution in [0.5, 0.6) is 5.75 Å². The number of halogens is 1. The van der Waals surface area contributed by atoms with Gasteiger partial charge in [-0.15, -0.1) is 0 Å². The number of amidine groups is 1. The number of nitrogens with zero attached hydrogens (tertiary/aromatic N) is 2. The first kappa shape index (κ1) is 12.7. The summed E-state index contributed by atoms with van der Waals surface area (Å²) in [6.07, 6.45) is 3.63. The normalized spacial score (nSPS) is 10.8. The van der Waals surface area contributed by atoms with E-state index in [1.807, 2.05) is 12.4 Å². The number of hydrogen-bond donors (Lipinski definition) is 1. The smallest absolute Gasteiger partial charge is 0.183 e. The van der Waals surface area contributed by atoms with Gasteiger partial charge in [0, 0.05) is 6.07 Å². The predicted molar refractivity (Wildman–Crippen MR) is 67.4 cm³/mol. The van der Waals surface area contributed by atoms with Crippen molar-refractivity contribution in [1.29, 1.82) is 5.26 Å². The number of nitrogens with one attached hydrogen (secondary N) is 1. The van der Waals surface area contributed by atoms with Gasteiger partial charge in [0.15, 0.2) is 11.4 Å². The van der Waals surface area contributed by atoms with Gasteiger partial charge in [0.25, 0.3) is 0 Å². The molecule has 0 aliphatic rings. The van der Waals surface area contributed by atoms with Gasteiger partial charge >= 0.3 is 0 Å². The maximum Gasteiger partial charge on any atom is 0.183 e. The molecule has 0 saturated heterocycles. The summed E-state index contributed by atoms with van der Waals surface area (Å²) in [7, 11) is 1.57. The van der Waals surface area contributed by atoms with Crippen LogP contribution in [0.3, 0.4) is 0 Å². The number of methoxy groups -OCH3 is 1. The summed E-state index contributed by atoms with van der Waals surface area (Å²) in [6.45, 7) is 0. The van der Waals surface area contributed by atoms with Crippen molar-refractivity contribution in [3.05, 3.63) is 23.2 Å². The molecule has 0 saturated carbocycles. The van der Waals surface area contributed by atoms with E-state index in [1.54, 1.807) is 25.3 Å². The summed E-state index contributed by atoms with van der Waals surface area (Å²) in [5.41, 5.74) is 0.592. The van der Waals surface area contributed by atoms with Crippen molar-refractivity contribution < 1.29 is 4.74 Å². The van der Waals surface area contributed by atoms with Crippen LogP contribution in [-0.4, -0.2) is 18.5 Å². The van der Waals surface area contributed by atoms with Crippen molar-refractivity contribution in [2.75, 3.05) is 13.4 Å². The lowest BCUT2D eigenvalue weighted by atomic mass is 10.3. The molecule has 0 atom stereocenters. The highest BCUT2D eigenvalue weighted by molar-refractivity contribution is 8.13. The topological polar surface area (TPSA) is 57.4 Å². The lowest BCUT2D eigenvalue weighted by molar-refractivity contribution is 0.415. The standard InChI is InChI=1S/C10H10ClN3OS/c1-15-7-3-4-9(8(11)5-7)14-10(16-2)13-6-12/h3-5H,1-2H3,(H,13,14). The van der Waals surface area contributed by atoms with Crippen LogP contribution < -0.4 is 10.1 Å². The molecular weight excluding hydrogens is 246 g/mol. The number of aliphatic imine (C=N–C) groups is 1. The van der Waals surface area contributed by atoms with Crippen molar-refractivity contribution in [2.24, 2.45) is 4.99 Å². The van der Waals surface area contributed by atoms with E-state index in [4.69, 9.17) is 21.6 Å². The van der Waals surface area contributed by atoms with Crippen molar-refractivity contribution in [3.63, 3.8) is 0 Å². The highest BCUT2D eigenvalue weighted by atomic mass is 35.5. The average Bonchev–Trinajstić information content (AvgIpc) is 2.30. The molecule has 1 rings (SSSR count). The Morgan fingerprint density at radius 3 is 2.88 bits per heavy atom. The average molecular weight is 256 g/mol. The number of benzene rings is 1. The third kappa shape index (κ3) is 3.33. The van der Waals surface area contributed by atoms with Crippen LogP contribution in [0.15, 0.2) is 23.2 Å². The molecule has 0 fully saturated rings. The number of nitriles is 1. The van der Waals surface area contributed by atoms with Crippen molar-refractivity contribution >= 4 is 34.2 Å². The van der Waals surface area contributed by atoms with Crippen LogP contribution in [0.2, 0.25) is 5.02 Å². The lowest BCUT2D eigenvalue weighted by Crippen LogP contribution is -2.12. The van der Waals surface area contributed by atoms with Gasteiger partial charge in [-0.3, -0.25) is 5.32 Å². The minimum absolute atomic E-state index is 0.477. The van der Waals surface area contributed by atoms with Crippen LogP contribution in [0.4, 0.5) is 5.69 Å². The molecule has 84 valence electrons. The first-order valence-corrected chi connectivity index (χ1v) is 5.93. The minimum Gasteiger partial charge on any atom is -0.497 e. The highest BCUT2D eigenvalue weighted by Gasteiger charge is 2.03. The Balaban J connectivity index is 3.01. The number of ether oxygens (including phenoxy) is 1. The Morgan fingerprint density at radius 1 is 1.62 bits per heavy atom. The molecule has 1 N–H and O–H groups in total. The van der Waals surface area contributed by atoms with Gasteiger partial charge in [0.05, 0.1) is 17.8 Å². The largest absolute Gasteiger partial charge is 0.497 e. The van der Waals surface area contributed by atoms with Crippen molar-refractivity contribution in [1.82, 2.24) is 5.32 Å². The van der Waals surface area contributed by atoms with E-state index in [0.29, 0.717) is 21.6 Å². The van der Waals surface area contributed by atoms with E-state index < -0.39 is 0 Å². The zero-order valence-corrected chi connectivity index (χ0v) is 10.4. The Hall–Kier alpha value is -1.38. The van der Waals surface area contributed by atoms with Gasteiger partial charge in [-0.05, 0) is 18.4 Å². The van der Waals surface area contributed by atoms with E-state index in [9.17, 15) is 0 Å². The Bertz CT molecular complexity index is 442. The molecule has 4 nitrogen and oxygen atoms in total. The van der Waals surface area contributed by atoms with Gasteiger partial charge < -0.3 is 4.74 Å². The molecule has 0 aliphatic carbocycles. The molecule has 0 heterocycles. The summed E-state index contributed by atoms with van der Waals surface area (Å²) < 4.78 is 5.02. The first-order chi connectivity index (χ1) is 7.71. The zero-order valence-electron chi connectivity index (χ0n) is 8.82. The van der Waals surface area contributed by atoms with Crippen molar-refractivity contribution in [2.45, 2.75) is 0 Å². The van der Waals surface area contributed by atoms with Gasteiger partial charge in [0.2, 0.25) is 0 Å². The molecule has 1 aromatic carbocycles. The fourth-order valence-electron chi connectivity index (χ4n) is 0.987. The van der Waals surface area contributed by atoms with Crippen LogP contribution in [-0.2, 0) is 0 Å². The van der Waals surface area contributed by atoms with E-state index in [-0.39, 0.29) is 0 Å². The van der Waals surface area contributed by atoms with Gasteiger partial charge in [-0.1, -0.05) is 23.4 Å². The molecule has 0 amide bonds. The maximum atomic E-state index is 8.49. The van der Waals surface area contributed by atoms with E-state index in [1.165, 1.54) is 11.8 Å². The summed E-state index contributed by atoms with van der Waals surface area (Å²) in [6, 6.07) is 5.16. The van der Waals surface area contributed by atoms with Gasteiger partial charge in [0.1, 0.15) is 5.75 Å². The molecule has 0 bridgehead atoms. The summed E-state index contributed by atoms with van der Waals surface area (Å²) in [5.74, 6) is 0.669. The van der Waals surface area contributed by atoms with E-state index >= 15 is 0 Å². The quantitative estimate of drug-likeness (QED) is 0.382. The Labute approximate surface area is 103 Å². The molecule has 16 heavy (non-hydrogen) atoms. The molecule has 0 unspecified atom stereocenters. The van der Waals surface area contributed by atoms with Crippen LogP contribution in [0.25, 0.3) is 0 Å². The number of thioether (sulfide) groups is 1. The third-order valence-corrected chi connectivity index (χ3v) is 2.62. The number of hydrogen-bond acceptors (Lipinski definition) is 4. The Kier molecular flexibility index (Phi) is 4.96. The summed E-state index contributed by atoms with van der Waals surface area (Å²) in [5, 5.41) is 11.9.